The summed E-state index contributed by atoms with van der Waals surface area (Å²) in [4.78, 5) is 46.3. The molecule has 0 saturated carbocycles. The van der Waals surface area contributed by atoms with Gasteiger partial charge >= 0.3 is 31.5 Å². The van der Waals surface area contributed by atoms with E-state index in [0.717, 1.165) is 27.7 Å². The van der Waals surface area contributed by atoms with Crippen LogP contribution < -0.4 is 0 Å². The van der Waals surface area contributed by atoms with Crippen LogP contribution in [-0.4, -0.2) is 72.7 Å². The number of carbonyl (C=O) groups is 4. The van der Waals surface area contributed by atoms with E-state index in [1.165, 1.54) is 13.8 Å². The Morgan fingerprint density at radius 1 is 0.812 bits per heavy atom. The van der Waals surface area contributed by atoms with Crippen LogP contribution in [0.4, 0.5) is 0 Å². The van der Waals surface area contributed by atoms with Crippen LogP contribution in [0, 0.1) is 0 Å². The molecule has 0 heterocycles. The van der Waals surface area contributed by atoms with Crippen molar-refractivity contribution in [1.82, 2.24) is 0 Å². The Labute approximate surface area is 185 Å². The summed E-state index contributed by atoms with van der Waals surface area (Å²) in [6.45, 7) is 6.63. The molecule has 0 aliphatic heterocycles. The number of oxime groups is 1. The normalized spacial score (nSPS) is 14.6. The topological polar surface area (TPSA) is 173 Å². The minimum Gasteiger partial charge on any atom is -0.462 e. The maximum absolute atomic E-state index is 13.0. The van der Waals surface area contributed by atoms with Crippen LogP contribution in [0.1, 0.15) is 48.0 Å². The molecule has 0 aromatic rings. The van der Waals surface area contributed by atoms with Gasteiger partial charge in [0, 0.05) is 34.1 Å². The Bertz CT molecular complexity index is 727. The molecule has 0 amide bonds. The first-order chi connectivity index (χ1) is 14.9. The van der Waals surface area contributed by atoms with Gasteiger partial charge in [-0.1, -0.05) is 5.16 Å². The summed E-state index contributed by atoms with van der Waals surface area (Å²) in [5.74, 6) is -3.23. The average molecular weight is 483 g/mol. The molecule has 1 N–H and O–H groups in total. The maximum atomic E-state index is 13.0. The standard InChI is InChI=1S/C18H30NO12P/c1-7-27-32(25,28-8-2)17(19-24)9-15(29-12(4)21)18(31-14(6)23)16(30-13(5)22)10-26-11(3)20/h15-16,18,24H,7-10H2,1-6H3/b19-17+/t15-,16-,18+/m1/s1. The molecule has 0 fully saturated rings. The summed E-state index contributed by atoms with van der Waals surface area (Å²) >= 11 is 0. The lowest BCUT2D eigenvalue weighted by molar-refractivity contribution is -0.188. The van der Waals surface area contributed by atoms with E-state index in [1.54, 1.807) is 0 Å². The van der Waals surface area contributed by atoms with Gasteiger partial charge in [0.25, 0.3) is 0 Å². The van der Waals surface area contributed by atoms with E-state index in [4.69, 9.17) is 28.0 Å². The highest BCUT2D eigenvalue weighted by molar-refractivity contribution is 7.72. The Balaban J connectivity index is 6.28. The average Bonchev–Trinajstić information content (AvgIpc) is 2.66. The van der Waals surface area contributed by atoms with Crippen molar-refractivity contribution in [2.24, 2.45) is 5.16 Å². The molecule has 0 bridgehead atoms. The van der Waals surface area contributed by atoms with Crippen molar-refractivity contribution in [3.8, 4) is 0 Å². The molecule has 184 valence electrons. The Hall–Kier alpha value is -2.50. The van der Waals surface area contributed by atoms with Crippen LogP contribution >= 0.6 is 7.60 Å². The zero-order valence-corrected chi connectivity index (χ0v) is 19.8. The van der Waals surface area contributed by atoms with Crippen molar-refractivity contribution in [1.29, 1.82) is 0 Å². The number of nitrogens with zero attached hydrogens (tertiary/aromatic N) is 1. The third kappa shape index (κ3) is 10.7. The molecular formula is C18H30NO12P. The van der Waals surface area contributed by atoms with Gasteiger partial charge in [0.2, 0.25) is 0 Å². The first-order valence-corrected chi connectivity index (χ1v) is 11.2. The van der Waals surface area contributed by atoms with Gasteiger partial charge < -0.3 is 33.2 Å². The molecule has 13 nitrogen and oxygen atoms in total. The second kappa shape index (κ2) is 14.5. The molecule has 0 radical (unpaired) electrons. The molecule has 3 atom stereocenters. The highest BCUT2D eigenvalue weighted by Crippen LogP contribution is 2.51. The smallest absolute Gasteiger partial charge is 0.378 e. The highest BCUT2D eigenvalue weighted by Gasteiger charge is 2.43. The fourth-order valence-electron chi connectivity index (χ4n) is 2.54. The van der Waals surface area contributed by atoms with Crippen LogP contribution in [0.2, 0.25) is 0 Å². The number of ether oxygens (including phenoxy) is 4. The van der Waals surface area contributed by atoms with Crippen LogP contribution in [0.3, 0.4) is 0 Å². The molecule has 0 unspecified atom stereocenters. The van der Waals surface area contributed by atoms with Gasteiger partial charge in [-0.15, -0.1) is 0 Å². The Morgan fingerprint density at radius 3 is 1.66 bits per heavy atom. The van der Waals surface area contributed by atoms with Crippen LogP contribution in [-0.2, 0) is 51.7 Å². The molecule has 0 rings (SSSR count). The van der Waals surface area contributed by atoms with Crippen molar-refractivity contribution in [3.05, 3.63) is 0 Å². The lowest BCUT2D eigenvalue weighted by atomic mass is 10.0. The van der Waals surface area contributed by atoms with E-state index >= 15 is 0 Å². The van der Waals surface area contributed by atoms with Gasteiger partial charge in [-0.3, -0.25) is 23.7 Å². The molecule has 0 spiro atoms. The van der Waals surface area contributed by atoms with Crippen LogP contribution in [0.5, 0.6) is 0 Å². The zero-order valence-electron chi connectivity index (χ0n) is 18.9. The van der Waals surface area contributed by atoms with Gasteiger partial charge in [-0.2, -0.15) is 0 Å². The van der Waals surface area contributed by atoms with Crippen LogP contribution in [0.25, 0.3) is 0 Å². The monoisotopic (exact) mass is 483 g/mol. The Morgan fingerprint density at radius 2 is 1.28 bits per heavy atom. The number of esters is 4. The SMILES string of the molecule is CCOP(=O)(OCC)/C(C[C@@H](OC(C)=O)[C@H](OC(C)=O)[C@@H](COC(C)=O)OC(C)=O)=N/O. The lowest BCUT2D eigenvalue weighted by Crippen LogP contribution is -2.48. The van der Waals surface area contributed by atoms with Gasteiger partial charge in [0.15, 0.2) is 17.7 Å². The largest absolute Gasteiger partial charge is 0.462 e. The first kappa shape index (κ1) is 29.5. The quantitative estimate of drug-likeness (QED) is 0.0949. The number of hydrogen-bond acceptors (Lipinski definition) is 13. The summed E-state index contributed by atoms with van der Waals surface area (Å²) in [6.07, 6.45) is -5.03. The minimum atomic E-state index is -4.11. The van der Waals surface area contributed by atoms with Crippen molar-refractivity contribution >= 4 is 36.9 Å². The van der Waals surface area contributed by atoms with E-state index < -0.39 is 68.3 Å². The summed E-state index contributed by atoms with van der Waals surface area (Å²) < 4.78 is 43.7. The van der Waals surface area contributed by atoms with Gasteiger partial charge in [-0.05, 0) is 13.8 Å². The summed E-state index contributed by atoms with van der Waals surface area (Å²) in [7, 11) is -4.11. The predicted molar refractivity (Wildman–Crippen MR) is 108 cm³/mol. The number of carbonyl (C=O) groups excluding carboxylic acids is 4. The molecule has 0 saturated heterocycles. The summed E-state index contributed by atoms with van der Waals surface area (Å²) in [5, 5.41) is 12.5. The fourth-order valence-corrected chi connectivity index (χ4v) is 4.11. The fraction of sp³-hybridized carbons (Fsp3) is 0.722. The van der Waals surface area contributed by atoms with Crippen molar-refractivity contribution < 1.29 is 56.9 Å². The third-order valence-corrected chi connectivity index (χ3v) is 5.63. The Kier molecular flexibility index (Phi) is 13.4. The van der Waals surface area contributed by atoms with E-state index in [2.05, 4.69) is 5.16 Å². The predicted octanol–water partition coefficient (Wildman–Crippen LogP) is 1.79. The number of rotatable bonds is 14. The second-order valence-corrected chi connectivity index (χ2v) is 8.25. The number of hydrogen-bond donors (Lipinski definition) is 1. The third-order valence-electron chi connectivity index (χ3n) is 3.53. The highest BCUT2D eigenvalue weighted by atomic mass is 31.2. The molecule has 0 aliphatic rings. The molecular weight excluding hydrogens is 453 g/mol. The molecule has 0 aromatic heterocycles. The lowest BCUT2D eigenvalue weighted by Gasteiger charge is -2.32. The second-order valence-electron chi connectivity index (χ2n) is 6.23. The van der Waals surface area contributed by atoms with Gasteiger partial charge in [0.05, 0.1) is 13.2 Å². The van der Waals surface area contributed by atoms with E-state index in [1.807, 2.05) is 0 Å². The molecule has 0 aromatic carbocycles. The van der Waals surface area contributed by atoms with Crippen molar-refractivity contribution in [2.45, 2.75) is 66.3 Å². The summed E-state index contributed by atoms with van der Waals surface area (Å²) in [5.41, 5.74) is -0.529. The zero-order chi connectivity index (χ0) is 24.9. The van der Waals surface area contributed by atoms with E-state index in [0.29, 0.717) is 0 Å². The first-order valence-electron chi connectivity index (χ1n) is 9.65. The van der Waals surface area contributed by atoms with E-state index in [-0.39, 0.29) is 13.2 Å². The van der Waals surface area contributed by atoms with Crippen molar-refractivity contribution in [3.63, 3.8) is 0 Å². The molecule has 0 aliphatic carbocycles. The maximum Gasteiger partial charge on any atom is 0.378 e. The molecule has 14 heteroatoms. The molecule has 32 heavy (non-hydrogen) atoms. The summed E-state index contributed by atoms with van der Waals surface area (Å²) in [6, 6.07) is 0. The van der Waals surface area contributed by atoms with E-state index in [9.17, 15) is 29.0 Å². The van der Waals surface area contributed by atoms with Gasteiger partial charge in [-0.25, -0.2) is 0 Å². The van der Waals surface area contributed by atoms with Gasteiger partial charge in [0.1, 0.15) is 12.7 Å². The minimum absolute atomic E-state index is 0.0651. The van der Waals surface area contributed by atoms with Crippen molar-refractivity contribution in [2.75, 3.05) is 19.8 Å². The van der Waals surface area contributed by atoms with Crippen LogP contribution in [0.15, 0.2) is 5.16 Å².